The van der Waals surface area contributed by atoms with E-state index in [1.165, 1.54) is 32.4 Å². The number of rotatable bonds is 3. The summed E-state index contributed by atoms with van der Waals surface area (Å²) in [6, 6.07) is 12.7. The lowest BCUT2D eigenvalue weighted by Gasteiger charge is -2.37. The Morgan fingerprint density at radius 1 is 1.00 bits per heavy atom. The normalized spacial score (nSPS) is 18.9. The summed E-state index contributed by atoms with van der Waals surface area (Å²) in [6.45, 7) is 4.45. The highest BCUT2D eigenvalue weighted by molar-refractivity contribution is 5.98. The molecule has 1 amide bonds. The predicted molar refractivity (Wildman–Crippen MR) is 104 cm³/mol. The number of hydrogen-bond donors (Lipinski definition) is 1. The second-order valence-electron chi connectivity index (χ2n) is 7.71. The van der Waals surface area contributed by atoms with Crippen LogP contribution in [0.5, 0.6) is 5.75 Å². The first-order chi connectivity index (χ1) is 12.7. The number of piperidine rings is 2. The molecule has 2 aromatic rings. The van der Waals surface area contributed by atoms with E-state index < -0.39 is 0 Å². The van der Waals surface area contributed by atoms with Crippen molar-refractivity contribution in [2.24, 2.45) is 0 Å². The topological polar surface area (TPSA) is 34.0 Å². The number of halogens is 1. The lowest BCUT2D eigenvalue weighted by molar-refractivity contribution is -0.931. The molecular formula is C22H29ClN2O2. The molecule has 4 rings (SSSR count). The molecule has 0 spiro atoms. The maximum atomic E-state index is 12.9. The summed E-state index contributed by atoms with van der Waals surface area (Å²) in [7, 11) is 1.67. The third-order valence-corrected chi connectivity index (χ3v) is 6.15. The molecule has 0 atom stereocenters. The van der Waals surface area contributed by atoms with Crippen molar-refractivity contribution < 1.29 is 26.8 Å². The number of methoxy groups -OCH3 is 1. The van der Waals surface area contributed by atoms with Gasteiger partial charge in [0.15, 0.2) is 0 Å². The van der Waals surface area contributed by atoms with Gasteiger partial charge in [-0.3, -0.25) is 4.79 Å². The van der Waals surface area contributed by atoms with Crippen LogP contribution < -0.4 is 22.0 Å². The molecule has 0 unspecified atom stereocenters. The first-order valence-corrected chi connectivity index (χ1v) is 9.96. The number of nitrogens with zero attached hydrogens (tertiary/aromatic N) is 1. The van der Waals surface area contributed by atoms with E-state index in [1.54, 1.807) is 12.0 Å². The van der Waals surface area contributed by atoms with Gasteiger partial charge in [-0.1, -0.05) is 12.1 Å². The molecule has 0 aromatic heterocycles. The van der Waals surface area contributed by atoms with Crippen LogP contribution in [0.25, 0.3) is 10.8 Å². The van der Waals surface area contributed by atoms with Crippen molar-refractivity contribution >= 4 is 16.7 Å². The number of nitrogens with one attached hydrogen (secondary N) is 1. The van der Waals surface area contributed by atoms with Crippen LogP contribution in [-0.4, -0.2) is 50.1 Å². The molecule has 2 heterocycles. The van der Waals surface area contributed by atoms with Crippen molar-refractivity contribution in [1.82, 2.24) is 4.90 Å². The molecule has 2 aliphatic heterocycles. The summed E-state index contributed by atoms with van der Waals surface area (Å²) >= 11 is 0. The lowest BCUT2D eigenvalue weighted by atomic mass is 9.99. The Morgan fingerprint density at radius 2 is 1.67 bits per heavy atom. The second-order valence-corrected chi connectivity index (χ2v) is 7.71. The quantitative estimate of drug-likeness (QED) is 0.771. The Morgan fingerprint density at radius 3 is 2.37 bits per heavy atom. The molecule has 0 bridgehead atoms. The van der Waals surface area contributed by atoms with Gasteiger partial charge in [-0.2, -0.15) is 0 Å². The van der Waals surface area contributed by atoms with Gasteiger partial charge in [0.25, 0.3) is 5.91 Å². The number of benzene rings is 2. The van der Waals surface area contributed by atoms with E-state index in [0.717, 1.165) is 54.1 Å². The minimum atomic E-state index is 0. The third-order valence-electron chi connectivity index (χ3n) is 6.15. The molecule has 146 valence electrons. The summed E-state index contributed by atoms with van der Waals surface area (Å²) in [6.07, 6.45) is 6.43. The highest BCUT2D eigenvalue weighted by Crippen LogP contribution is 2.23. The van der Waals surface area contributed by atoms with Gasteiger partial charge < -0.3 is 26.9 Å². The monoisotopic (exact) mass is 388 g/mol. The molecule has 2 aromatic carbocycles. The maximum Gasteiger partial charge on any atom is 0.253 e. The largest absolute Gasteiger partial charge is 1.00 e. The summed E-state index contributed by atoms with van der Waals surface area (Å²) in [5, 5.41) is 2.19. The summed E-state index contributed by atoms with van der Waals surface area (Å²) < 4.78 is 5.28. The van der Waals surface area contributed by atoms with Crippen LogP contribution in [0.4, 0.5) is 0 Å². The summed E-state index contributed by atoms with van der Waals surface area (Å²) in [4.78, 5) is 16.8. The van der Waals surface area contributed by atoms with Crippen LogP contribution in [0.2, 0.25) is 0 Å². The van der Waals surface area contributed by atoms with Crippen molar-refractivity contribution in [3.05, 3.63) is 42.0 Å². The fraction of sp³-hybridized carbons (Fsp3) is 0.500. The highest BCUT2D eigenvalue weighted by Gasteiger charge is 2.30. The van der Waals surface area contributed by atoms with E-state index in [2.05, 4.69) is 0 Å². The van der Waals surface area contributed by atoms with Gasteiger partial charge in [0, 0.05) is 31.5 Å². The SMILES string of the molecule is COc1ccc2cc(C(=O)N3CCC([NH+]4CCCCC4)CC3)ccc2c1.[Cl-]. The number of carbonyl (C=O) groups excluding carboxylic acids is 1. The van der Waals surface area contributed by atoms with Crippen molar-refractivity contribution in [3.63, 3.8) is 0 Å². The molecule has 5 heteroatoms. The van der Waals surface area contributed by atoms with Crippen LogP contribution in [0.3, 0.4) is 0 Å². The molecule has 2 aliphatic rings. The highest BCUT2D eigenvalue weighted by atomic mass is 35.5. The first-order valence-electron chi connectivity index (χ1n) is 9.96. The standard InChI is InChI=1S/C22H28N2O2.ClH/c1-26-21-8-7-17-15-19(6-5-18(17)16-21)22(25)24-13-9-20(10-14-24)23-11-3-2-4-12-23;/h5-8,15-16,20H,2-4,9-14H2,1H3;1H. The van der Waals surface area contributed by atoms with Gasteiger partial charge in [-0.25, -0.2) is 0 Å². The number of ether oxygens (including phenoxy) is 1. The molecular weight excluding hydrogens is 360 g/mol. The Balaban J connectivity index is 0.00000210. The van der Waals surface area contributed by atoms with E-state index in [0.29, 0.717) is 0 Å². The minimum Gasteiger partial charge on any atom is -1.00 e. The number of hydrogen-bond acceptors (Lipinski definition) is 2. The van der Waals surface area contributed by atoms with E-state index in [-0.39, 0.29) is 18.3 Å². The predicted octanol–water partition coefficient (Wildman–Crippen LogP) is -0.474. The summed E-state index contributed by atoms with van der Waals surface area (Å²) in [5.41, 5.74) is 0.798. The van der Waals surface area contributed by atoms with E-state index >= 15 is 0 Å². The van der Waals surface area contributed by atoms with Gasteiger partial charge in [0.1, 0.15) is 5.75 Å². The van der Waals surface area contributed by atoms with Crippen molar-refractivity contribution in [2.45, 2.75) is 38.1 Å². The maximum absolute atomic E-state index is 12.9. The van der Waals surface area contributed by atoms with Crippen molar-refractivity contribution in [3.8, 4) is 5.75 Å². The minimum absolute atomic E-state index is 0. The second kappa shape index (κ2) is 8.94. The molecule has 2 fully saturated rings. The van der Waals surface area contributed by atoms with Gasteiger partial charge >= 0.3 is 0 Å². The Labute approximate surface area is 167 Å². The smallest absolute Gasteiger partial charge is 0.253 e. The van der Waals surface area contributed by atoms with Crippen molar-refractivity contribution in [2.75, 3.05) is 33.3 Å². The van der Waals surface area contributed by atoms with Crippen LogP contribution >= 0.6 is 0 Å². The fourth-order valence-electron chi connectivity index (χ4n) is 4.57. The van der Waals surface area contributed by atoms with Gasteiger partial charge in [-0.15, -0.1) is 0 Å². The molecule has 0 saturated carbocycles. The average Bonchev–Trinajstić information content (AvgIpc) is 2.73. The fourth-order valence-corrected chi connectivity index (χ4v) is 4.57. The van der Waals surface area contributed by atoms with Gasteiger partial charge in [0.2, 0.25) is 0 Å². The van der Waals surface area contributed by atoms with Crippen LogP contribution in [0.15, 0.2) is 36.4 Å². The van der Waals surface area contributed by atoms with Crippen LogP contribution in [-0.2, 0) is 0 Å². The Hall–Kier alpha value is -1.78. The molecule has 27 heavy (non-hydrogen) atoms. The zero-order valence-corrected chi connectivity index (χ0v) is 16.8. The van der Waals surface area contributed by atoms with E-state index in [1.807, 2.05) is 41.3 Å². The summed E-state index contributed by atoms with van der Waals surface area (Å²) in [5.74, 6) is 1.02. The van der Waals surface area contributed by atoms with Crippen molar-refractivity contribution in [1.29, 1.82) is 0 Å². The molecule has 4 nitrogen and oxygen atoms in total. The number of amides is 1. The Kier molecular flexibility index (Phi) is 6.61. The number of likely N-dealkylation sites (tertiary alicyclic amines) is 2. The average molecular weight is 389 g/mol. The number of fused-ring (bicyclic) bond motifs is 1. The number of quaternary nitrogens is 1. The zero-order chi connectivity index (χ0) is 17.9. The van der Waals surface area contributed by atoms with Crippen LogP contribution in [0, 0.1) is 0 Å². The van der Waals surface area contributed by atoms with E-state index in [9.17, 15) is 4.79 Å². The molecule has 0 radical (unpaired) electrons. The molecule has 2 saturated heterocycles. The van der Waals surface area contributed by atoms with Gasteiger partial charge in [-0.05, 0) is 54.3 Å². The van der Waals surface area contributed by atoms with Gasteiger partial charge in [0.05, 0.1) is 26.2 Å². The third kappa shape index (κ3) is 4.39. The molecule has 1 N–H and O–H groups in total. The first kappa shape index (κ1) is 20.0. The zero-order valence-electron chi connectivity index (χ0n) is 16.0. The Bertz CT molecular complexity index is 781. The number of carbonyl (C=O) groups is 1. The van der Waals surface area contributed by atoms with E-state index in [4.69, 9.17) is 4.74 Å². The molecule has 0 aliphatic carbocycles. The lowest BCUT2D eigenvalue weighted by Crippen LogP contribution is -3.16. The van der Waals surface area contributed by atoms with Crippen LogP contribution in [0.1, 0.15) is 42.5 Å².